The third kappa shape index (κ3) is 3.97. The van der Waals surface area contributed by atoms with Crippen LogP contribution in [-0.4, -0.2) is 36.2 Å². The molecule has 0 N–H and O–H groups in total. The van der Waals surface area contributed by atoms with Gasteiger partial charge in [0, 0.05) is 29.9 Å². The minimum absolute atomic E-state index is 0.166. The number of hydrogen-bond donors (Lipinski definition) is 0. The molecule has 0 aliphatic heterocycles. The van der Waals surface area contributed by atoms with Crippen LogP contribution in [0.1, 0.15) is 42.1 Å². The van der Waals surface area contributed by atoms with E-state index in [2.05, 4.69) is 32.1 Å². The molecule has 0 saturated carbocycles. The second kappa shape index (κ2) is 8.75. The maximum Gasteiger partial charge on any atom is 0.316 e. The summed E-state index contributed by atoms with van der Waals surface area (Å²) in [6.45, 7) is 8.37. The van der Waals surface area contributed by atoms with Gasteiger partial charge in [0.05, 0.1) is 12.3 Å². The van der Waals surface area contributed by atoms with Gasteiger partial charge in [-0.3, -0.25) is 4.40 Å². The Balaban J connectivity index is 1.68. The molecule has 0 aliphatic carbocycles. The van der Waals surface area contributed by atoms with E-state index in [0.717, 1.165) is 45.8 Å². The average Bonchev–Trinajstić information content (AvgIpc) is 3.25. The van der Waals surface area contributed by atoms with E-state index in [-0.39, 0.29) is 5.82 Å². The molecule has 0 amide bonds. The molecule has 31 heavy (non-hydrogen) atoms. The van der Waals surface area contributed by atoms with E-state index in [1.165, 1.54) is 0 Å². The van der Waals surface area contributed by atoms with E-state index in [0.29, 0.717) is 31.1 Å². The maximum absolute atomic E-state index is 14.5. The van der Waals surface area contributed by atoms with Crippen molar-refractivity contribution in [2.45, 2.75) is 47.0 Å². The molecule has 160 valence electrons. The van der Waals surface area contributed by atoms with Crippen LogP contribution in [0, 0.1) is 19.7 Å². The Labute approximate surface area is 180 Å². The fourth-order valence-electron chi connectivity index (χ4n) is 3.93. The number of rotatable bonds is 7. The molecule has 3 heterocycles. The van der Waals surface area contributed by atoms with Crippen molar-refractivity contribution < 1.29 is 9.13 Å². The number of hydrogen-bond acceptors (Lipinski definition) is 6. The number of ether oxygens (including phenoxy) is 1. The molecule has 0 bridgehead atoms. The molecule has 0 fully saturated rings. The largest absolute Gasteiger partial charge is 0.464 e. The van der Waals surface area contributed by atoms with Gasteiger partial charge in [0.1, 0.15) is 18.0 Å². The number of fused-ring (bicyclic) bond motifs is 1. The smallest absolute Gasteiger partial charge is 0.316 e. The molecule has 0 unspecified atom stereocenters. The molecule has 1 aromatic carbocycles. The van der Waals surface area contributed by atoms with Crippen molar-refractivity contribution in [2.24, 2.45) is 0 Å². The molecule has 0 saturated heterocycles. The molecule has 0 atom stereocenters. The number of aromatic nitrogens is 6. The Morgan fingerprint density at radius 2 is 1.81 bits per heavy atom. The van der Waals surface area contributed by atoms with Gasteiger partial charge in [0.15, 0.2) is 5.65 Å². The van der Waals surface area contributed by atoms with Crippen molar-refractivity contribution in [1.82, 2.24) is 29.5 Å². The Hall–Kier alpha value is -3.42. The first-order chi connectivity index (χ1) is 15.0. The Bertz CT molecular complexity index is 1240. The zero-order valence-electron chi connectivity index (χ0n) is 18.2. The van der Waals surface area contributed by atoms with E-state index in [1.807, 2.05) is 31.2 Å². The van der Waals surface area contributed by atoms with E-state index in [1.54, 1.807) is 24.8 Å². The highest BCUT2D eigenvalue weighted by molar-refractivity contribution is 5.77. The molecule has 4 aromatic rings. The van der Waals surface area contributed by atoms with Crippen LogP contribution in [0.3, 0.4) is 0 Å². The highest BCUT2D eigenvalue weighted by Gasteiger charge is 2.16. The normalized spacial score (nSPS) is 11.3. The summed E-state index contributed by atoms with van der Waals surface area (Å²) in [5.74, 6) is 0.609. The van der Waals surface area contributed by atoms with Crippen LogP contribution in [0.4, 0.5) is 4.39 Å². The summed E-state index contributed by atoms with van der Waals surface area (Å²) in [5.41, 5.74) is 5.98. The zero-order chi connectivity index (χ0) is 22.0. The first-order valence-corrected chi connectivity index (χ1v) is 10.4. The second-order valence-corrected chi connectivity index (χ2v) is 7.37. The summed E-state index contributed by atoms with van der Waals surface area (Å²) >= 11 is 0. The average molecular weight is 420 g/mol. The van der Waals surface area contributed by atoms with Crippen molar-refractivity contribution in [3.63, 3.8) is 0 Å². The second-order valence-electron chi connectivity index (χ2n) is 7.37. The minimum atomic E-state index is -0.166. The van der Waals surface area contributed by atoms with Gasteiger partial charge in [0.2, 0.25) is 0 Å². The highest BCUT2D eigenvalue weighted by Crippen LogP contribution is 2.27. The van der Waals surface area contributed by atoms with Gasteiger partial charge in [-0.05, 0) is 56.4 Å². The molecule has 3 aromatic heterocycles. The van der Waals surface area contributed by atoms with E-state index < -0.39 is 0 Å². The Kier molecular flexibility index (Phi) is 5.88. The van der Waals surface area contributed by atoms with Crippen LogP contribution in [0.2, 0.25) is 0 Å². The van der Waals surface area contributed by atoms with Crippen molar-refractivity contribution in [3.05, 3.63) is 64.9 Å². The number of aryl methyl sites for hydroxylation is 3. The quantitative estimate of drug-likeness (QED) is 0.448. The SMILES string of the molecule is CCOc1ncc(-c2cnc(CCc3c(F)ccc(C)c3CC)n3cnnc23)c(C)n1. The predicted molar refractivity (Wildman–Crippen MR) is 116 cm³/mol. The lowest BCUT2D eigenvalue weighted by Crippen LogP contribution is -2.07. The van der Waals surface area contributed by atoms with Crippen LogP contribution < -0.4 is 4.74 Å². The molecule has 0 radical (unpaired) electrons. The summed E-state index contributed by atoms with van der Waals surface area (Å²) in [4.78, 5) is 13.3. The Morgan fingerprint density at radius 3 is 2.55 bits per heavy atom. The maximum atomic E-state index is 14.5. The van der Waals surface area contributed by atoms with Gasteiger partial charge >= 0.3 is 6.01 Å². The van der Waals surface area contributed by atoms with Crippen LogP contribution in [0.5, 0.6) is 6.01 Å². The molecule has 7 nitrogen and oxygen atoms in total. The van der Waals surface area contributed by atoms with Crippen molar-refractivity contribution in [3.8, 4) is 17.1 Å². The van der Waals surface area contributed by atoms with Crippen molar-refractivity contribution in [2.75, 3.05) is 6.61 Å². The molecular weight excluding hydrogens is 395 g/mol. The molecule has 0 spiro atoms. The van der Waals surface area contributed by atoms with Crippen molar-refractivity contribution in [1.29, 1.82) is 0 Å². The van der Waals surface area contributed by atoms with Gasteiger partial charge < -0.3 is 4.74 Å². The summed E-state index contributed by atoms with van der Waals surface area (Å²) in [6.07, 6.45) is 7.04. The summed E-state index contributed by atoms with van der Waals surface area (Å²) in [6, 6.07) is 3.73. The number of nitrogens with zero attached hydrogens (tertiary/aromatic N) is 6. The third-order valence-electron chi connectivity index (χ3n) is 5.49. The standard InChI is InChI=1S/C23H25FN6O/c1-5-16-14(3)7-9-20(24)17(16)8-10-21-25-12-19(22-29-27-13-30(21)22)18-11-26-23(31-6-2)28-15(18)4/h7,9,11-13H,5-6,8,10H2,1-4H3. The zero-order valence-corrected chi connectivity index (χ0v) is 18.2. The van der Waals surface area contributed by atoms with Crippen molar-refractivity contribution >= 4 is 5.65 Å². The van der Waals surface area contributed by atoms with E-state index in [9.17, 15) is 4.39 Å². The van der Waals surface area contributed by atoms with Gasteiger partial charge in [0.25, 0.3) is 0 Å². The lowest BCUT2D eigenvalue weighted by Gasteiger charge is -2.13. The fraction of sp³-hybridized carbons (Fsp3) is 0.348. The lowest BCUT2D eigenvalue weighted by atomic mass is 9.95. The van der Waals surface area contributed by atoms with Crippen LogP contribution >= 0.6 is 0 Å². The molecule has 4 rings (SSSR count). The number of halogens is 1. The number of benzene rings is 1. The van der Waals surface area contributed by atoms with Gasteiger partial charge in [-0.2, -0.15) is 4.98 Å². The minimum Gasteiger partial charge on any atom is -0.464 e. The van der Waals surface area contributed by atoms with E-state index in [4.69, 9.17) is 4.74 Å². The predicted octanol–water partition coefficient (Wildman–Crippen LogP) is 4.08. The monoisotopic (exact) mass is 420 g/mol. The van der Waals surface area contributed by atoms with Gasteiger partial charge in [-0.25, -0.2) is 14.4 Å². The third-order valence-corrected chi connectivity index (χ3v) is 5.49. The molecule has 8 heteroatoms. The highest BCUT2D eigenvalue weighted by atomic mass is 19.1. The first kappa shape index (κ1) is 20.8. The molecule has 0 aliphatic rings. The summed E-state index contributed by atoms with van der Waals surface area (Å²) < 4.78 is 21.7. The topological polar surface area (TPSA) is 78.1 Å². The van der Waals surface area contributed by atoms with Crippen LogP contribution in [-0.2, 0) is 19.3 Å². The summed E-state index contributed by atoms with van der Waals surface area (Å²) in [5, 5.41) is 8.37. The van der Waals surface area contributed by atoms with Gasteiger partial charge in [-0.1, -0.05) is 13.0 Å². The summed E-state index contributed by atoms with van der Waals surface area (Å²) in [7, 11) is 0. The Morgan fingerprint density at radius 1 is 1.00 bits per heavy atom. The van der Waals surface area contributed by atoms with Gasteiger partial charge in [-0.15, -0.1) is 10.2 Å². The van der Waals surface area contributed by atoms with Crippen LogP contribution in [0.25, 0.3) is 16.8 Å². The van der Waals surface area contributed by atoms with E-state index >= 15 is 0 Å². The lowest BCUT2D eigenvalue weighted by molar-refractivity contribution is 0.312. The first-order valence-electron chi connectivity index (χ1n) is 10.4. The fourth-order valence-corrected chi connectivity index (χ4v) is 3.93. The molecular formula is C23H25FN6O. The van der Waals surface area contributed by atoms with Crippen LogP contribution in [0.15, 0.2) is 30.9 Å².